The average Bonchev–Trinajstić information content (AvgIpc) is 3.08. The lowest BCUT2D eigenvalue weighted by molar-refractivity contribution is -0.140. The molecule has 0 unspecified atom stereocenters. The molecule has 2 amide bonds. The lowest BCUT2D eigenvalue weighted by atomic mass is 10.0. The van der Waals surface area contributed by atoms with Crippen molar-refractivity contribution >= 4 is 27.5 Å². The molecule has 0 aliphatic heterocycles. The van der Waals surface area contributed by atoms with Gasteiger partial charge in [0, 0.05) is 19.5 Å². The summed E-state index contributed by atoms with van der Waals surface area (Å²) in [5.74, 6) is 0.496. The maximum absolute atomic E-state index is 14.6. The van der Waals surface area contributed by atoms with Crippen LogP contribution in [-0.2, 0) is 32.6 Å². The predicted molar refractivity (Wildman–Crippen MR) is 189 cm³/mol. The largest absolute Gasteiger partial charge is 0.497 e. The lowest BCUT2D eigenvalue weighted by Crippen LogP contribution is -2.53. The van der Waals surface area contributed by atoms with Gasteiger partial charge in [0.25, 0.3) is 10.0 Å². The van der Waals surface area contributed by atoms with Gasteiger partial charge < -0.3 is 19.7 Å². The second-order valence-electron chi connectivity index (χ2n) is 12.0. The highest BCUT2D eigenvalue weighted by atomic mass is 32.2. The zero-order valence-electron chi connectivity index (χ0n) is 28.3. The van der Waals surface area contributed by atoms with Crippen LogP contribution in [0.1, 0.15) is 37.5 Å². The molecule has 0 saturated carbocycles. The minimum absolute atomic E-state index is 0.0460. The zero-order chi connectivity index (χ0) is 34.7. The number of anilines is 1. The van der Waals surface area contributed by atoms with Crippen molar-refractivity contribution in [2.24, 2.45) is 5.92 Å². The number of benzene rings is 4. The van der Waals surface area contributed by atoms with Crippen LogP contribution in [0.15, 0.2) is 108 Å². The highest BCUT2D eigenvalue weighted by Crippen LogP contribution is 2.27. The number of carbonyl (C=O) groups excluding carboxylic acids is 2. The Bertz CT molecular complexity index is 1740. The van der Waals surface area contributed by atoms with Gasteiger partial charge in [0.15, 0.2) is 0 Å². The van der Waals surface area contributed by atoms with Gasteiger partial charge in [-0.05, 0) is 79.4 Å². The predicted octanol–water partition coefficient (Wildman–Crippen LogP) is 6.01. The van der Waals surface area contributed by atoms with Gasteiger partial charge in [-0.3, -0.25) is 13.9 Å². The van der Waals surface area contributed by atoms with E-state index in [1.165, 1.54) is 17.0 Å². The number of hydrogen-bond acceptors (Lipinski definition) is 6. The van der Waals surface area contributed by atoms with E-state index in [0.29, 0.717) is 24.7 Å². The van der Waals surface area contributed by atoms with Crippen molar-refractivity contribution in [1.82, 2.24) is 10.2 Å². The molecule has 48 heavy (non-hydrogen) atoms. The number of sulfonamides is 1. The van der Waals surface area contributed by atoms with Crippen LogP contribution in [0.2, 0.25) is 0 Å². The molecule has 4 aromatic rings. The number of amides is 2. The summed E-state index contributed by atoms with van der Waals surface area (Å²) in [7, 11) is -2.65. The molecule has 0 radical (unpaired) electrons. The number of nitrogens with zero attached hydrogens (tertiary/aromatic N) is 2. The molecule has 0 aliphatic carbocycles. The molecular weight excluding hydrogens is 627 g/mol. The first kappa shape index (κ1) is 36.0. The van der Waals surface area contributed by atoms with Crippen molar-refractivity contribution in [2.75, 3.05) is 31.1 Å². The number of aryl methyl sites for hydroxylation is 1. The first-order valence-electron chi connectivity index (χ1n) is 16.1. The van der Waals surface area contributed by atoms with Gasteiger partial charge in [0.05, 0.1) is 24.3 Å². The third kappa shape index (κ3) is 9.60. The fraction of sp³-hybridized carbons (Fsp3) is 0.316. The third-order valence-corrected chi connectivity index (χ3v) is 9.55. The van der Waals surface area contributed by atoms with E-state index in [9.17, 15) is 18.0 Å². The molecule has 0 heterocycles. The molecule has 1 N–H and O–H groups in total. The number of carbonyl (C=O) groups is 2. The topological polar surface area (TPSA) is 105 Å². The summed E-state index contributed by atoms with van der Waals surface area (Å²) in [5, 5.41) is 3.01. The molecule has 4 aromatic carbocycles. The number of hydrogen-bond donors (Lipinski definition) is 1. The molecule has 0 spiro atoms. The Hall–Kier alpha value is -4.83. The van der Waals surface area contributed by atoms with Gasteiger partial charge >= 0.3 is 0 Å². The Balaban J connectivity index is 1.81. The Labute approximate surface area is 284 Å². The molecule has 4 rings (SSSR count). The Morgan fingerprint density at radius 2 is 1.50 bits per heavy atom. The van der Waals surface area contributed by atoms with E-state index >= 15 is 0 Å². The summed E-state index contributed by atoms with van der Waals surface area (Å²) in [6, 6.07) is 28.9. The monoisotopic (exact) mass is 671 g/mol. The minimum Gasteiger partial charge on any atom is -0.497 e. The van der Waals surface area contributed by atoms with E-state index < -0.39 is 28.5 Å². The maximum Gasteiger partial charge on any atom is 0.264 e. The Kier molecular flexibility index (Phi) is 12.6. The molecular formula is C38H45N3O6S. The van der Waals surface area contributed by atoms with E-state index in [1.807, 2.05) is 70.2 Å². The Morgan fingerprint density at radius 3 is 2.12 bits per heavy atom. The quantitative estimate of drug-likeness (QED) is 0.157. The summed E-state index contributed by atoms with van der Waals surface area (Å²) in [6.07, 6.45) is 0.230. The SMILES string of the molecule is CCOc1ccc(N(CC(=O)N(Cc2cccc(OC)c2)[C@H](Cc2ccccc2)C(=O)NCC(C)C)S(=O)(=O)c2ccc(C)cc2)cc1. The number of methoxy groups -OCH3 is 1. The van der Waals surface area contributed by atoms with Crippen LogP contribution in [0.25, 0.3) is 0 Å². The highest BCUT2D eigenvalue weighted by molar-refractivity contribution is 7.92. The van der Waals surface area contributed by atoms with Crippen molar-refractivity contribution < 1.29 is 27.5 Å². The van der Waals surface area contributed by atoms with Gasteiger partial charge in [-0.1, -0.05) is 74.0 Å². The number of ether oxygens (including phenoxy) is 2. The van der Waals surface area contributed by atoms with Crippen LogP contribution < -0.4 is 19.1 Å². The van der Waals surface area contributed by atoms with Crippen LogP contribution in [-0.4, -0.2) is 58.0 Å². The fourth-order valence-electron chi connectivity index (χ4n) is 5.19. The van der Waals surface area contributed by atoms with Crippen LogP contribution in [0.5, 0.6) is 11.5 Å². The molecule has 1 atom stereocenters. The molecule has 0 saturated heterocycles. The van der Waals surface area contributed by atoms with Gasteiger partial charge in [-0.25, -0.2) is 8.42 Å². The normalized spacial score (nSPS) is 11.9. The highest BCUT2D eigenvalue weighted by Gasteiger charge is 2.34. The lowest BCUT2D eigenvalue weighted by Gasteiger charge is -2.34. The average molecular weight is 672 g/mol. The second kappa shape index (κ2) is 16.8. The van der Waals surface area contributed by atoms with Crippen molar-refractivity contribution in [3.05, 3.63) is 120 Å². The summed E-state index contributed by atoms with van der Waals surface area (Å²) in [4.78, 5) is 30.1. The summed E-state index contributed by atoms with van der Waals surface area (Å²) < 4.78 is 40.6. The maximum atomic E-state index is 14.6. The van der Waals surface area contributed by atoms with E-state index in [2.05, 4.69) is 5.32 Å². The standard InChI is InChI=1S/C38H45N3O6S/c1-6-47-33-19-17-32(18-20-33)41(48(44,45)35-21-15-29(4)16-22-35)27-37(42)40(26-31-13-10-14-34(23-31)46-5)36(38(43)39-25-28(2)3)24-30-11-8-7-9-12-30/h7-23,28,36H,6,24-27H2,1-5H3,(H,39,43)/t36-/m1/s1. The van der Waals surface area contributed by atoms with Gasteiger partial charge in [-0.15, -0.1) is 0 Å². The molecule has 10 heteroatoms. The molecule has 0 bridgehead atoms. The summed E-state index contributed by atoms with van der Waals surface area (Å²) in [5.41, 5.74) is 2.78. The van der Waals surface area contributed by atoms with Crippen molar-refractivity contribution in [3.63, 3.8) is 0 Å². The zero-order valence-corrected chi connectivity index (χ0v) is 29.1. The number of nitrogens with one attached hydrogen (secondary N) is 1. The molecule has 9 nitrogen and oxygen atoms in total. The van der Waals surface area contributed by atoms with Gasteiger partial charge in [-0.2, -0.15) is 0 Å². The first-order valence-corrected chi connectivity index (χ1v) is 17.5. The van der Waals surface area contributed by atoms with Crippen molar-refractivity contribution in [3.8, 4) is 11.5 Å². The van der Waals surface area contributed by atoms with Crippen molar-refractivity contribution in [2.45, 2.75) is 51.6 Å². The van der Waals surface area contributed by atoms with Gasteiger partial charge in [0.1, 0.15) is 24.1 Å². The molecule has 254 valence electrons. The summed E-state index contributed by atoms with van der Waals surface area (Å²) in [6.45, 7) is 8.10. The molecule has 0 aromatic heterocycles. The van der Waals surface area contributed by atoms with Crippen LogP contribution in [0.3, 0.4) is 0 Å². The minimum atomic E-state index is -4.21. The molecule has 0 fully saturated rings. The number of rotatable bonds is 16. The fourth-order valence-corrected chi connectivity index (χ4v) is 6.60. The first-order chi connectivity index (χ1) is 23.0. The smallest absolute Gasteiger partial charge is 0.264 e. The summed E-state index contributed by atoms with van der Waals surface area (Å²) >= 11 is 0. The van der Waals surface area contributed by atoms with E-state index in [1.54, 1.807) is 55.6 Å². The van der Waals surface area contributed by atoms with Gasteiger partial charge in [0.2, 0.25) is 11.8 Å². The van der Waals surface area contributed by atoms with Crippen LogP contribution in [0.4, 0.5) is 5.69 Å². The van der Waals surface area contributed by atoms with E-state index in [4.69, 9.17) is 9.47 Å². The second-order valence-corrected chi connectivity index (χ2v) is 13.8. The van der Waals surface area contributed by atoms with E-state index in [0.717, 1.165) is 21.0 Å². The van der Waals surface area contributed by atoms with Crippen molar-refractivity contribution in [1.29, 1.82) is 0 Å². The van der Waals surface area contributed by atoms with Crippen LogP contribution in [0, 0.1) is 12.8 Å². The van der Waals surface area contributed by atoms with Crippen LogP contribution >= 0.6 is 0 Å². The Morgan fingerprint density at radius 1 is 0.833 bits per heavy atom. The van der Waals surface area contributed by atoms with E-state index in [-0.39, 0.29) is 35.4 Å². The molecule has 0 aliphatic rings. The third-order valence-electron chi connectivity index (χ3n) is 7.77.